The maximum absolute atomic E-state index is 12.8. The van der Waals surface area contributed by atoms with E-state index in [-0.39, 0.29) is 12.5 Å². The standard InChI is InChI=1S/C45H37NO4/c1-4-6-8-10-12-14-15-16-17-18-19-20-21-23-25-27-29-39(28-26-24-22-13-11-9-7-5-2)38-49-44(47)40-30-32-41(33-31-40)45(48)50-43-36-34-42(46-3)35-37-43/h1,30-37,39,46H,5,7,9,11,13,22,24,26,28,38H2,2-3H3. The van der Waals surface area contributed by atoms with E-state index >= 15 is 0 Å². The van der Waals surface area contributed by atoms with Crippen LogP contribution in [0.4, 0.5) is 5.69 Å². The number of hydrogen-bond donors (Lipinski definition) is 1. The zero-order valence-corrected chi connectivity index (χ0v) is 28.5. The van der Waals surface area contributed by atoms with E-state index in [1.165, 1.54) is 50.7 Å². The van der Waals surface area contributed by atoms with Crippen LogP contribution in [0.1, 0.15) is 85.4 Å². The minimum absolute atomic E-state index is 0.124. The second-order valence-electron chi connectivity index (χ2n) is 10.5. The molecule has 0 saturated carbocycles. The van der Waals surface area contributed by atoms with E-state index in [0.29, 0.717) is 16.9 Å². The highest BCUT2D eigenvalue weighted by atomic mass is 16.5. The number of unbranched alkanes of at least 4 members (excludes halogenated alkanes) is 7. The van der Waals surface area contributed by atoms with Gasteiger partial charge in [0, 0.05) is 12.7 Å². The molecule has 50 heavy (non-hydrogen) atoms. The number of carbonyl (C=O) groups is 2. The largest absolute Gasteiger partial charge is 0.461 e. The molecule has 246 valence electrons. The Morgan fingerprint density at radius 1 is 0.620 bits per heavy atom. The smallest absolute Gasteiger partial charge is 0.343 e. The normalized spacial score (nSPS) is 8.98. The summed E-state index contributed by atoms with van der Waals surface area (Å²) in [6, 6.07) is 13.2. The Kier molecular flexibility index (Phi) is 20.7. The summed E-state index contributed by atoms with van der Waals surface area (Å²) in [5, 5.41) is 3.01. The van der Waals surface area contributed by atoms with Crippen molar-refractivity contribution in [1.82, 2.24) is 0 Å². The number of ether oxygens (including phenoxy) is 2. The molecule has 2 aromatic rings. The highest BCUT2D eigenvalue weighted by Gasteiger charge is 2.14. The van der Waals surface area contributed by atoms with Crippen LogP contribution in [-0.4, -0.2) is 25.6 Å². The van der Waals surface area contributed by atoms with Gasteiger partial charge in [-0.2, -0.15) is 0 Å². The van der Waals surface area contributed by atoms with Crippen molar-refractivity contribution in [2.75, 3.05) is 19.0 Å². The average molecular weight is 656 g/mol. The number of nitrogens with one attached hydrogen (secondary N) is 1. The van der Waals surface area contributed by atoms with Gasteiger partial charge in [0.25, 0.3) is 0 Å². The Labute approximate surface area is 298 Å². The first-order valence-electron chi connectivity index (χ1n) is 16.3. The number of anilines is 1. The minimum atomic E-state index is -0.523. The highest BCUT2D eigenvalue weighted by Crippen LogP contribution is 2.18. The van der Waals surface area contributed by atoms with E-state index in [0.717, 1.165) is 24.9 Å². The fraction of sp³-hybridized carbons (Fsp3) is 0.289. The molecule has 0 fully saturated rings. The minimum Gasteiger partial charge on any atom is -0.461 e. The predicted octanol–water partition coefficient (Wildman–Crippen LogP) is 6.91. The van der Waals surface area contributed by atoms with E-state index in [1.807, 2.05) is 19.2 Å². The summed E-state index contributed by atoms with van der Waals surface area (Å²) in [6.45, 7) is 2.34. The number of esters is 2. The lowest BCUT2D eigenvalue weighted by Crippen LogP contribution is -2.14. The molecule has 0 aliphatic heterocycles. The Morgan fingerprint density at radius 2 is 1.08 bits per heavy atom. The number of terminal acetylenes is 1. The van der Waals surface area contributed by atoms with Crippen molar-refractivity contribution in [3.05, 3.63) is 59.7 Å². The second-order valence-corrected chi connectivity index (χ2v) is 10.5. The monoisotopic (exact) mass is 655 g/mol. The summed E-state index contributed by atoms with van der Waals surface area (Å²) in [7, 11) is 1.81. The third-order valence-corrected chi connectivity index (χ3v) is 6.76. The van der Waals surface area contributed by atoms with Gasteiger partial charge in [0.2, 0.25) is 0 Å². The molecule has 5 heteroatoms. The number of benzene rings is 2. The number of carbonyl (C=O) groups excluding carboxylic acids is 2. The van der Waals surface area contributed by atoms with Crippen LogP contribution < -0.4 is 10.1 Å². The lowest BCUT2D eigenvalue weighted by atomic mass is 10.0. The molecule has 0 heterocycles. The Morgan fingerprint density at radius 3 is 1.58 bits per heavy atom. The van der Waals surface area contributed by atoms with Crippen molar-refractivity contribution in [3.8, 4) is 113 Å². The lowest BCUT2D eigenvalue weighted by molar-refractivity contribution is 0.0463. The van der Waals surface area contributed by atoms with Gasteiger partial charge in [-0.1, -0.05) is 64.2 Å². The van der Waals surface area contributed by atoms with E-state index in [2.05, 4.69) is 113 Å². The van der Waals surface area contributed by atoms with E-state index in [9.17, 15) is 9.59 Å². The molecule has 1 unspecified atom stereocenters. The molecule has 0 aliphatic rings. The third kappa shape index (κ3) is 18.4. The Hall–Kier alpha value is -6.78. The zero-order valence-electron chi connectivity index (χ0n) is 28.5. The summed E-state index contributed by atoms with van der Waals surface area (Å²) in [5.74, 6) is 42.8. The van der Waals surface area contributed by atoms with Gasteiger partial charge in [0.05, 0.1) is 17.0 Å². The maximum atomic E-state index is 12.8. The SMILES string of the molecule is C#CC#CC#CC#CC#CC#CC#CC#CC#CC(CCCCCCCCCC)COC(=O)c1ccc(C(=O)Oc2ccc(NC)cc2)cc1. The van der Waals surface area contributed by atoms with Crippen molar-refractivity contribution in [3.63, 3.8) is 0 Å². The van der Waals surface area contributed by atoms with Gasteiger partial charge in [-0.15, -0.1) is 6.42 Å². The maximum Gasteiger partial charge on any atom is 0.343 e. The fourth-order valence-electron chi connectivity index (χ4n) is 4.16. The third-order valence-electron chi connectivity index (χ3n) is 6.76. The summed E-state index contributed by atoms with van der Waals surface area (Å²) in [6.07, 6.45) is 15.3. The van der Waals surface area contributed by atoms with E-state index in [4.69, 9.17) is 15.9 Å². The highest BCUT2D eigenvalue weighted by molar-refractivity contribution is 5.94. The van der Waals surface area contributed by atoms with Crippen molar-refractivity contribution in [2.24, 2.45) is 5.92 Å². The van der Waals surface area contributed by atoms with Gasteiger partial charge in [0.15, 0.2) is 0 Å². The van der Waals surface area contributed by atoms with Gasteiger partial charge >= 0.3 is 11.9 Å². The molecular weight excluding hydrogens is 618 g/mol. The Balaban J connectivity index is 1.95. The van der Waals surface area contributed by atoms with Crippen LogP contribution in [0.15, 0.2) is 48.5 Å². The number of rotatable bonds is 15. The van der Waals surface area contributed by atoms with E-state index < -0.39 is 11.9 Å². The van der Waals surface area contributed by atoms with Crippen LogP contribution in [-0.2, 0) is 4.74 Å². The van der Waals surface area contributed by atoms with Crippen molar-refractivity contribution in [1.29, 1.82) is 0 Å². The predicted molar refractivity (Wildman–Crippen MR) is 199 cm³/mol. The molecule has 0 bridgehead atoms. The van der Waals surface area contributed by atoms with Crippen LogP contribution in [0.5, 0.6) is 5.75 Å². The van der Waals surface area contributed by atoms with Crippen LogP contribution in [0.2, 0.25) is 0 Å². The number of hydrogen-bond acceptors (Lipinski definition) is 5. The molecule has 2 aromatic carbocycles. The molecule has 0 saturated heterocycles. The van der Waals surface area contributed by atoms with Gasteiger partial charge < -0.3 is 14.8 Å². The first kappa shape index (κ1) is 39.4. The summed E-state index contributed by atoms with van der Waals surface area (Å²) >= 11 is 0. The van der Waals surface area contributed by atoms with Crippen molar-refractivity contribution < 1.29 is 19.1 Å². The lowest BCUT2D eigenvalue weighted by Gasteiger charge is -2.12. The van der Waals surface area contributed by atoms with Crippen LogP contribution >= 0.6 is 0 Å². The molecule has 0 amide bonds. The van der Waals surface area contributed by atoms with Crippen molar-refractivity contribution in [2.45, 2.75) is 64.7 Å². The van der Waals surface area contributed by atoms with Gasteiger partial charge in [-0.3, -0.25) is 0 Å². The average Bonchev–Trinajstić information content (AvgIpc) is 3.14. The zero-order chi connectivity index (χ0) is 35.9. The summed E-state index contributed by atoms with van der Waals surface area (Å²) < 4.78 is 11.0. The molecule has 1 atom stereocenters. The Bertz CT molecular complexity index is 1990. The molecule has 0 radical (unpaired) electrons. The molecule has 0 aromatic heterocycles. The van der Waals surface area contributed by atoms with Gasteiger partial charge in [-0.25, -0.2) is 9.59 Å². The molecule has 1 N–H and O–H groups in total. The quantitative estimate of drug-likeness (QED) is 0.0978. The first-order chi connectivity index (χ1) is 24.6. The topological polar surface area (TPSA) is 64.6 Å². The summed E-state index contributed by atoms with van der Waals surface area (Å²) in [4.78, 5) is 25.4. The van der Waals surface area contributed by atoms with E-state index in [1.54, 1.807) is 24.3 Å². The van der Waals surface area contributed by atoms with Gasteiger partial charge in [0.1, 0.15) is 12.4 Å². The van der Waals surface area contributed by atoms with Crippen molar-refractivity contribution >= 4 is 17.6 Å². The molecule has 0 spiro atoms. The first-order valence-corrected chi connectivity index (χ1v) is 16.3. The molecule has 5 nitrogen and oxygen atoms in total. The van der Waals surface area contributed by atoms with Crippen LogP contribution in [0, 0.1) is 113 Å². The van der Waals surface area contributed by atoms with Gasteiger partial charge in [-0.05, 0) is 150 Å². The van der Waals surface area contributed by atoms with Crippen LogP contribution in [0.25, 0.3) is 0 Å². The second kappa shape index (κ2) is 26.3. The molecule has 0 aliphatic carbocycles. The van der Waals surface area contributed by atoms with Crippen LogP contribution in [0.3, 0.4) is 0 Å². The summed E-state index contributed by atoms with van der Waals surface area (Å²) in [5.41, 5.74) is 1.55. The molecular formula is C45H37NO4. The fourth-order valence-corrected chi connectivity index (χ4v) is 4.16. The molecule has 2 rings (SSSR count).